The fraction of sp³-hybridized carbons (Fsp3) is 0.235. The van der Waals surface area contributed by atoms with E-state index in [0.29, 0.717) is 0 Å². The normalized spacial score (nSPS) is 13.1. The lowest BCUT2D eigenvalue weighted by molar-refractivity contribution is -0.137. The van der Waals surface area contributed by atoms with Gasteiger partial charge in [-0.3, -0.25) is 4.79 Å². The van der Waals surface area contributed by atoms with Crippen LogP contribution in [0, 0.1) is 0 Å². The highest BCUT2D eigenvalue weighted by Gasteiger charge is 2.34. The molecule has 0 radical (unpaired) electrons. The number of alkyl halides is 3. The van der Waals surface area contributed by atoms with Gasteiger partial charge in [0, 0.05) is 5.02 Å². The number of sulfonamides is 1. The minimum Gasteiger partial charge on any atom is -0.495 e. The van der Waals surface area contributed by atoms with Crippen LogP contribution in [0.5, 0.6) is 5.75 Å². The number of carbonyl (C=O) groups is 1. The molecule has 0 saturated heterocycles. The Balaban J connectivity index is 2.23. The van der Waals surface area contributed by atoms with E-state index < -0.39 is 39.4 Å². The van der Waals surface area contributed by atoms with Crippen LogP contribution in [-0.4, -0.2) is 27.5 Å². The van der Waals surface area contributed by atoms with Crippen molar-refractivity contribution in [2.45, 2.75) is 24.0 Å². The first-order chi connectivity index (χ1) is 13.0. The van der Waals surface area contributed by atoms with E-state index in [1.54, 1.807) is 0 Å². The topological polar surface area (TPSA) is 84.5 Å². The van der Waals surface area contributed by atoms with Crippen LogP contribution in [0.2, 0.25) is 5.02 Å². The Morgan fingerprint density at radius 3 is 2.43 bits per heavy atom. The summed E-state index contributed by atoms with van der Waals surface area (Å²) in [5.74, 6) is -0.979. The van der Waals surface area contributed by atoms with Crippen LogP contribution in [0.4, 0.5) is 18.9 Å². The zero-order valence-corrected chi connectivity index (χ0v) is 16.2. The monoisotopic (exact) mass is 436 g/mol. The third-order valence-corrected chi connectivity index (χ3v) is 5.43. The van der Waals surface area contributed by atoms with Crippen LogP contribution < -0.4 is 14.8 Å². The molecule has 0 saturated carbocycles. The number of nitrogens with one attached hydrogen (secondary N) is 2. The van der Waals surface area contributed by atoms with Gasteiger partial charge >= 0.3 is 6.18 Å². The van der Waals surface area contributed by atoms with E-state index in [4.69, 9.17) is 16.3 Å². The summed E-state index contributed by atoms with van der Waals surface area (Å²) in [5, 5.41) is 2.21. The zero-order chi connectivity index (χ0) is 21.1. The average molecular weight is 437 g/mol. The maximum Gasteiger partial charge on any atom is 0.418 e. The number of benzene rings is 2. The molecule has 0 bridgehead atoms. The molecule has 152 valence electrons. The van der Waals surface area contributed by atoms with E-state index >= 15 is 0 Å². The Kier molecular flexibility index (Phi) is 6.58. The molecule has 1 amide bonds. The van der Waals surface area contributed by atoms with Gasteiger partial charge in [-0.15, -0.1) is 0 Å². The summed E-state index contributed by atoms with van der Waals surface area (Å²) in [6.45, 7) is 1.19. The van der Waals surface area contributed by atoms with Gasteiger partial charge in [0.2, 0.25) is 15.9 Å². The zero-order valence-electron chi connectivity index (χ0n) is 14.7. The van der Waals surface area contributed by atoms with E-state index in [9.17, 15) is 26.4 Å². The summed E-state index contributed by atoms with van der Waals surface area (Å²) in [5.41, 5.74) is -1.53. The van der Waals surface area contributed by atoms with Gasteiger partial charge in [0.15, 0.2) is 0 Å². The SMILES string of the molecule is COc1ccc(Cl)cc1S(=O)(=O)N[C@H](C)C(=O)Nc1ccccc1C(F)(F)F. The number of anilines is 1. The van der Waals surface area contributed by atoms with Gasteiger partial charge in [0.05, 0.1) is 24.4 Å². The number of halogens is 4. The minimum absolute atomic E-state index is 0.00748. The second kappa shape index (κ2) is 8.38. The lowest BCUT2D eigenvalue weighted by atomic mass is 10.1. The largest absolute Gasteiger partial charge is 0.495 e. The van der Waals surface area contributed by atoms with Crippen LogP contribution in [-0.2, 0) is 21.0 Å². The number of amides is 1. The van der Waals surface area contributed by atoms with Crippen molar-refractivity contribution >= 4 is 33.2 Å². The molecule has 0 fully saturated rings. The Bertz CT molecular complexity index is 981. The number of para-hydroxylation sites is 1. The summed E-state index contributed by atoms with van der Waals surface area (Å²) in [4.78, 5) is 12.0. The van der Waals surface area contributed by atoms with E-state index in [1.165, 1.54) is 38.3 Å². The fourth-order valence-corrected chi connectivity index (χ4v) is 3.93. The molecule has 6 nitrogen and oxygen atoms in total. The van der Waals surface area contributed by atoms with Gasteiger partial charge in [-0.2, -0.15) is 17.9 Å². The Morgan fingerprint density at radius 1 is 1.18 bits per heavy atom. The third-order valence-electron chi connectivity index (χ3n) is 3.63. The first-order valence-electron chi connectivity index (χ1n) is 7.78. The molecule has 0 spiro atoms. The lowest BCUT2D eigenvalue weighted by Gasteiger charge is -2.18. The van der Waals surface area contributed by atoms with E-state index in [0.717, 1.165) is 18.2 Å². The molecule has 2 N–H and O–H groups in total. The van der Waals surface area contributed by atoms with Gasteiger partial charge in [-0.1, -0.05) is 23.7 Å². The maximum atomic E-state index is 13.0. The van der Waals surface area contributed by atoms with Gasteiger partial charge in [0.1, 0.15) is 10.6 Å². The van der Waals surface area contributed by atoms with E-state index in [-0.39, 0.29) is 15.7 Å². The molecule has 0 aliphatic heterocycles. The molecule has 28 heavy (non-hydrogen) atoms. The van der Waals surface area contributed by atoms with Crippen molar-refractivity contribution in [3.63, 3.8) is 0 Å². The molecule has 1 atom stereocenters. The van der Waals surface area contributed by atoms with Crippen molar-refractivity contribution in [1.82, 2.24) is 4.72 Å². The van der Waals surface area contributed by atoms with Crippen molar-refractivity contribution in [1.29, 1.82) is 0 Å². The van der Waals surface area contributed by atoms with Crippen molar-refractivity contribution in [2.24, 2.45) is 0 Å². The molecule has 0 aliphatic carbocycles. The van der Waals surface area contributed by atoms with Crippen molar-refractivity contribution in [3.05, 3.63) is 53.1 Å². The number of ether oxygens (including phenoxy) is 1. The molecule has 0 heterocycles. The molecule has 0 unspecified atom stereocenters. The molecular formula is C17H16ClF3N2O4S. The predicted molar refractivity (Wildman–Crippen MR) is 97.9 cm³/mol. The van der Waals surface area contributed by atoms with Crippen LogP contribution in [0.3, 0.4) is 0 Å². The Hall–Kier alpha value is -2.30. The minimum atomic E-state index is -4.68. The van der Waals surface area contributed by atoms with Crippen LogP contribution >= 0.6 is 11.6 Å². The molecule has 11 heteroatoms. The standard InChI is InChI=1S/C17H16ClF3N2O4S/c1-10(16(24)22-13-6-4-3-5-12(13)17(19,20)21)23-28(25,26)15-9-11(18)7-8-14(15)27-2/h3-10,23H,1-2H3,(H,22,24)/t10-/m1/s1. The molecule has 2 aromatic carbocycles. The smallest absolute Gasteiger partial charge is 0.418 e. The Labute approximate surface area is 164 Å². The van der Waals surface area contributed by atoms with Gasteiger partial charge < -0.3 is 10.1 Å². The lowest BCUT2D eigenvalue weighted by Crippen LogP contribution is -2.41. The highest BCUT2D eigenvalue weighted by atomic mass is 35.5. The second-order valence-electron chi connectivity index (χ2n) is 5.67. The van der Waals surface area contributed by atoms with Crippen molar-refractivity contribution in [2.75, 3.05) is 12.4 Å². The number of hydrogen-bond acceptors (Lipinski definition) is 4. The molecule has 0 aromatic heterocycles. The number of methoxy groups -OCH3 is 1. The van der Waals surface area contributed by atoms with E-state index in [1.807, 2.05) is 0 Å². The maximum absolute atomic E-state index is 13.0. The van der Waals surface area contributed by atoms with Crippen LogP contribution in [0.25, 0.3) is 0 Å². The van der Waals surface area contributed by atoms with Crippen LogP contribution in [0.1, 0.15) is 12.5 Å². The summed E-state index contributed by atoms with van der Waals surface area (Å²) in [7, 11) is -2.99. The third kappa shape index (κ3) is 5.15. The fourth-order valence-electron chi connectivity index (χ4n) is 2.29. The van der Waals surface area contributed by atoms with Gasteiger partial charge in [-0.05, 0) is 37.3 Å². The second-order valence-corrected chi connectivity index (χ2v) is 7.79. The summed E-state index contributed by atoms with van der Waals surface area (Å²) >= 11 is 5.81. The van der Waals surface area contributed by atoms with Crippen molar-refractivity contribution < 1.29 is 31.1 Å². The summed E-state index contributed by atoms with van der Waals surface area (Å²) in [6, 6.07) is 6.88. The Morgan fingerprint density at radius 2 is 1.82 bits per heavy atom. The van der Waals surface area contributed by atoms with E-state index in [2.05, 4.69) is 10.0 Å². The molecule has 0 aliphatic rings. The number of hydrogen-bond donors (Lipinski definition) is 2. The number of carbonyl (C=O) groups excluding carboxylic acids is 1. The predicted octanol–water partition coefficient (Wildman–Crippen LogP) is 3.67. The quantitative estimate of drug-likeness (QED) is 0.723. The van der Waals surface area contributed by atoms with Crippen molar-refractivity contribution in [3.8, 4) is 5.75 Å². The average Bonchev–Trinajstić information content (AvgIpc) is 2.60. The van der Waals surface area contributed by atoms with Crippen LogP contribution in [0.15, 0.2) is 47.4 Å². The number of rotatable bonds is 6. The van der Waals surface area contributed by atoms with Gasteiger partial charge in [0.25, 0.3) is 0 Å². The highest BCUT2D eigenvalue weighted by molar-refractivity contribution is 7.89. The molecule has 2 aromatic rings. The molecular weight excluding hydrogens is 421 g/mol. The van der Waals surface area contributed by atoms with Gasteiger partial charge in [-0.25, -0.2) is 8.42 Å². The highest BCUT2D eigenvalue weighted by Crippen LogP contribution is 2.34. The summed E-state index contributed by atoms with van der Waals surface area (Å²) in [6.07, 6.45) is -4.68. The summed E-state index contributed by atoms with van der Waals surface area (Å²) < 4.78 is 71.2. The first kappa shape index (κ1) is 22.0. The first-order valence-corrected chi connectivity index (χ1v) is 9.65. The molecule has 2 rings (SSSR count).